The predicted octanol–water partition coefficient (Wildman–Crippen LogP) is 6.88. The summed E-state index contributed by atoms with van der Waals surface area (Å²) >= 11 is 1.17. The second-order valence-corrected chi connectivity index (χ2v) is 10.1. The minimum absolute atomic E-state index is 0.00716. The van der Waals surface area contributed by atoms with E-state index in [1.807, 2.05) is 31.2 Å². The fourth-order valence-electron chi connectivity index (χ4n) is 4.56. The summed E-state index contributed by atoms with van der Waals surface area (Å²) in [4.78, 5) is 19.9. The van der Waals surface area contributed by atoms with Gasteiger partial charge in [-0.25, -0.2) is 0 Å². The zero-order chi connectivity index (χ0) is 25.8. The number of nitrogens with one attached hydrogen (secondary N) is 1. The van der Waals surface area contributed by atoms with Crippen molar-refractivity contribution in [2.75, 3.05) is 6.61 Å². The van der Waals surface area contributed by atoms with E-state index < -0.39 is 0 Å². The minimum atomic E-state index is -0.348. The van der Waals surface area contributed by atoms with Crippen LogP contribution in [0.3, 0.4) is 0 Å². The lowest BCUT2D eigenvalue weighted by Gasteiger charge is -2.13. The normalized spacial score (nSPS) is 21.1. The lowest BCUT2D eigenvalue weighted by molar-refractivity contribution is -0.113. The molecule has 0 bridgehead atoms. The number of aromatic hydroxyl groups is 1. The number of fused-ring (bicyclic) bond motifs is 1. The summed E-state index contributed by atoms with van der Waals surface area (Å²) in [6.45, 7) is 5.41. The summed E-state index contributed by atoms with van der Waals surface area (Å²) < 4.78 is 11.7. The van der Waals surface area contributed by atoms with E-state index in [1.165, 1.54) is 17.3 Å². The molecule has 37 heavy (non-hydrogen) atoms. The molecule has 2 N–H and O–H groups in total. The van der Waals surface area contributed by atoms with E-state index in [-0.39, 0.29) is 29.2 Å². The summed E-state index contributed by atoms with van der Waals surface area (Å²) in [5, 5.41) is 19.7. The number of aromatic nitrogens is 1. The van der Waals surface area contributed by atoms with Crippen LogP contribution in [0.15, 0.2) is 68.7 Å². The van der Waals surface area contributed by atoms with Gasteiger partial charge < -0.3 is 19.6 Å². The Bertz CT molecular complexity index is 1380. The lowest BCUT2D eigenvalue weighted by Crippen LogP contribution is -2.05. The maximum atomic E-state index is 12.5. The van der Waals surface area contributed by atoms with Crippen LogP contribution in [0.4, 0.5) is 5.69 Å². The van der Waals surface area contributed by atoms with Crippen molar-refractivity contribution >= 4 is 39.4 Å². The van der Waals surface area contributed by atoms with Gasteiger partial charge in [0.1, 0.15) is 0 Å². The van der Waals surface area contributed by atoms with Gasteiger partial charge in [-0.15, -0.1) is 10.2 Å². The van der Waals surface area contributed by atoms with E-state index in [1.54, 1.807) is 0 Å². The molecule has 2 atom stereocenters. The first-order valence-electron chi connectivity index (χ1n) is 12.6. The molecule has 0 spiro atoms. The first-order valence-corrected chi connectivity index (χ1v) is 13.5. The number of hydrogen-bond acceptors (Lipinski definition) is 7. The number of hydrogen-bond donors (Lipinski definition) is 2. The minimum Gasteiger partial charge on any atom is -0.493 e. The number of aliphatic imine (C=N–C) groups is 1. The highest BCUT2D eigenvalue weighted by Gasteiger charge is 2.29. The van der Waals surface area contributed by atoms with Crippen LogP contribution in [-0.4, -0.2) is 33.9 Å². The zero-order valence-electron chi connectivity index (χ0n) is 20.9. The Kier molecular flexibility index (Phi) is 7.83. The summed E-state index contributed by atoms with van der Waals surface area (Å²) in [6, 6.07) is 14.2. The third-order valence-electron chi connectivity index (χ3n) is 6.41. The molecule has 0 saturated carbocycles. The molecule has 2 aromatic carbocycles. The number of amides is 1. The molecule has 2 aliphatic rings. The van der Waals surface area contributed by atoms with Crippen LogP contribution in [0.2, 0.25) is 0 Å². The van der Waals surface area contributed by atoms with Gasteiger partial charge in [0, 0.05) is 12.0 Å². The molecule has 2 aliphatic heterocycles. The van der Waals surface area contributed by atoms with Crippen LogP contribution in [0.25, 0.3) is 10.9 Å². The first-order chi connectivity index (χ1) is 18.0. The summed E-state index contributed by atoms with van der Waals surface area (Å²) in [5.74, 6) is -0.409. The summed E-state index contributed by atoms with van der Waals surface area (Å²) in [6.07, 6.45) is 5.37. The molecule has 3 heterocycles. The van der Waals surface area contributed by atoms with E-state index in [9.17, 15) is 9.90 Å². The maximum Gasteiger partial charge on any atom is 0.286 e. The number of rotatable bonds is 8. The number of amidine groups is 1. The number of H-pyrrole nitrogens is 1. The van der Waals surface area contributed by atoms with Crippen molar-refractivity contribution in [2.45, 2.75) is 58.3 Å². The number of azo groups is 1. The van der Waals surface area contributed by atoms with Crippen molar-refractivity contribution in [3.05, 3.63) is 70.1 Å². The number of benzene rings is 2. The monoisotopic (exact) mass is 518 g/mol. The fourth-order valence-corrected chi connectivity index (χ4v) is 5.32. The number of nitrogens with zero attached hydrogens (tertiary/aromatic N) is 3. The Morgan fingerprint density at radius 2 is 1.97 bits per heavy atom. The van der Waals surface area contributed by atoms with E-state index in [4.69, 9.17) is 9.47 Å². The molecule has 1 fully saturated rings. The molecule has 8 nitrogen and oxygen atoms in total. The van der Waals surface area contributed by atoms with E-state index >= 15 is 0 Å². The highest BCUT2D eigenvalue weighted by atomic mass is 32.2. The van der Waals surface area contributed by atoms with Crippen LogP contribution in [0, 0.1) is 0 Å². The Morgan fingerprint density at radius 3 is 2.76 bits per heavy atom. The van der Waals surface area contributed by atoms with Crippen molar-refractivity contribution in [2.24, 2.45) is 15.2 Å². The molecule has 3 aromatic rings. The molecular formula is C28H30N4O4S. The summed E-state index contributed by atoms with van der Waals surface area (Å²) in [7, 11) is 0. The molecule has 192 valence electrons. The van der Waals surface area contributed by atoms with Gasteiger partial charge >= 0.3 is 0 Å². The quantitative estimate of drug-likeness (QED) is 0.250. The Balaban J connectivity index is 1.22. The molecule has 1 saturated heterocycles. The number of aryl methyl sites for hydroxylation is 1. The van der Waals surface area contributed by atoms with Gasteiger partial charge in [-0.2, -0.15) is 4.99 Å². The van der Waals surface area contributed by atoms with Crippen molar-refractivity contribution in [3.8, 4) is 5.88 Å². The third kappa shape index (κ3) is 5.84. The topological polar surface area (TPSA) is 109 Å². The SMILES string of the molecule is CCCc1ccc2c(N=NC3=NC(=O)C(=CC4CCC(c5ccc(COCC)cc5)O4)S3)c(O)[nH]c2c1. The second-order valence-electron chi connectivity index (χ2n) is 9.10. The van der Waals surface area contributed by atoms with Gasteiger partial charge in [0.25, 0.3) is 5.91 Å². The number of thioether (sulfide) groups is 1. The smallest absolute Gasteiger partial charge is 0.286 e. The highest BCUT2D eigenvalue weighted by Crippen LogP contribution is 2.38. The van der Waals surface area contributed by atoms with Crippen molar-refractivity contribution < 1.29 is 19.4 Å². The fraction of sp³-hybridized carbons (Fsp3) is 0.357. The van der Waals surface area contributed by atoms with Gasteiger partial charge in [-0.3, -0.25) is 4.79 Å². The average molecular weight is 519 g/mol. The molecule has 1 amide bonds. The molecule has 1 aromatic heterocycles. The van der Waals surface area contributed by atoms with Crippen LogP contribution < -0.4 is 0 Å². The molecule has 0 aliphatic carbocycles. The van der Waals surface area contributed by atoms with E-state index in [0.717, 1.165) is 47.7 Å². The van der Waals surface area contributed by atoms with Crippen molar-refractivity contribution in [3.63, 3.8) is 0 Å². The van der Waals surface area contributed by atoms with Crippen LogP contribution in [0.5, 0.6) is 5.88 Å². The largest absolute Gasteiger partial charge is 0.493 e. The number of aromatic amines is 1. The first kappa shape index (κ1) is 25.4. The maximum absolute atomic E-state index is 12.5. The van der Waals surface area contributed by atoms with Gasteiger partial charge in [-0.1, -0.05) is 49.7 Å². The Labute approximate surface area is 219 Å². The highest BCUT2D eigenvalue weighted by molar-refractivity contribution is 8.18. The standard InChI is InChI=1S/C28H30N4O4S/c1-3-5-17-8-12-21-22(14-17)29-27(34)25(21)31-32-28-30-26(33)24(37-28)15-20-11-13-23(36-20)19-9-6-18(7-10-19)16-35-4-2/h6-10,12,14-15,20,23,29,34H,3-5,11,13,16H2,1-2H3. The number of ether oxygens (including phenoxy) is 2. The van der Waals surface area contributed by atoms with Crippen molar-refractivity contribution in [1.82, 2.24) is 4.98 Å². The van der Waals surface area contributed by atoms with Gasteiger partial charge in [0.05, 0.1) is 29.2 Å². The predicted molar refractivity (Wildman–Crippen MR) is 145 cm³/mol. The van der Waals surface area contributed by atoms with Gasteiger partial charge in [0.2, 0.25) is 11.0 Å². The molecule has 2 unspecified atom stereocenters. The van der Waals surface area contributed by atoms with Crippen LogP contribution in [0.1, 0.15) is 55.9 Å². The van der Waals surface area contributed by atoms with E-state index in [0.29, 0.717) is 23.8 Å². The Hall–Kier alpha value is -3.27. The van der Waals surface area contributed by atoms with Crippen molar-refractivity contribution in [1.29, 1.82) is 0 Å². The zero-order valence-corrected chi connectivity index (χ0v) is 21.8. The van der Waals surface area contributed by atoms with Crippen LogP contribution in [-0.2, 0) is 27.3 Å². The summed E-state index contributed by atoms with van der Waals surface area (Å²) in [5.41, 5.74) is 4.58. The lowest BCUT2D eigenvalue weighted by atomic mass is 10.0. The van der Waals surface area contributed by atoms with Crippen LogP contribution >= 0.6 is 11.8 Å². The molecule has 0 radical (unpaired) electrons. The molecular weight excluding hydrogens is 488 g/mol. The Morgan fingerprint density at radius 1 is 1.16 bits per heavy atom. The third-order valence-corrected chi connectivity index (χ3v) is 7.30. The number of carbonyl (C=O) groups is 1. The second kappa shape index (κ2) is 11.4. The molecule has 5 rings (SSSR count). The average Bonchev–Trinajstić information content (AvgIpc) is 3.59. The van der Waals surface area contributed by atoms with Gasteiger partial charge in [0.15, 0.2) is 5.69 Å². The molecule has 9 heteroatoms. The van der Waals surface area contributed by atoms with Gasteiger partial charge in [-0.05, 0) is 66.8 Å². The number of carbonyl (C=O) groups excluding carboxylic acids is 1. The van der Waals surface area contributed by atoms with E-state index in [2.05, 4.69) is 51.4 Å².